The average molecular weight is 357 g/mol. The Balaban J connectivity index is 1.43. The molecule has 0 atom stereocenters. The van der Waals surface area contributed by atoms with Gasteiger partial charge in [0, 0.05) is 30.9 Å². The van der Waals surface area contributed by atoms with Crippen LogP contribution in [0.25, 0.3) is 16.3 Å². The molecule has 6 heteroatoms. The van der Waals surface area contributed by atoms with E-state index in [-0.39, 0.29) is 0 Å². The van der Waals surface area contributed by atoms with Crippen LogP contribution in [0.2, 0.25) is 0 Å². The second-order valence-corrected chi connectivity index (χ2v) is 8.37. The van der Waals surface area contributed by atoms with Crippen LogP contribution in [0.15, 0.2) is 24.3 Å². The number of benzene rings is 1. The zero-order chi connectivity index (χ0) is 16.5. The van der Waals surface area contributed by atoms with Crippen LogP contribution in [0.3, 0.4) is 0 Å². The summed E-state index contributed by atoms with van der Waals surface area (Å²) in [5.41, 5.74) is 9.38. The van der Waals surface area contributed by atoms with Crippen molar-refractivity contribution >= 4 is 44.1 Å². The van der Waals surface area contributed by atoms with E-state index >= 15 is 0 Å². The molecule has 0 saturated heterocycles. The third kappa shape index (κ3) is 3.22. The van der Waals surface area contributed by atoms with E-state index in [9.17, 15) is 0 Å². The van der Waals surface area contributed by atoms with Crippen molar-refractivity contribution in [2.24, 2.45) is 0 Å². The van der Waals surface area contributed by atoms with E-state index in [2.05, 4.69) is 52.1 Å². The Morgan fingerprint density at radius 3 is 3.00 bits per heavy atom. The summed E-state index contributed by atoms with van der Waals surface area (Å²) < 4.78 is 1.28. The molecule has 0 spiro atoms. The first-order valence-electron chi connectivity index (χ1n) is 8.18. The van der Waals surface area contributed by atoms with Crippen LogP contribution in [-0.4, -0.2) is 34.5 Å². The Hall–Kier alpha value is -1.76. The van der Waals surface area contributed by atoms with E-state index in [1.54, 1.807) is 22.7 Å². The van der Waals surface area contributed by atoms with Crippen molar-refractivity contribution < 1.29 is 0 Å². The molecule has 3 heterocycles. The molecule has 124 valence electrons. The van der Waals surface area contributed by atoms with Crippen molar-refractivity contribution in [3.05, 3.63) is 45.4 Å². The fourth-order valence-electron chi connectivity index (χ4n) is 3.15. The predicted molar refractivity (Wildman–Crippen MR) is 104 cm³/mol. The van der Waals surface area contributed by atoms with Gasteiger partial charge in [-0.05, 0) is 25.0 Å². The molecule has 0 aliphatic carbocycles. The van der Waals surface area contributed by atoms with Crippen LogP contribution in [0, 0.1) is 6.92 Å². The highest BCUT2D eigenvalue weighted by atomic mass is 32.1. The van der Waals surface area contributed by atoms with E-state index in [0.717, 1.165) is 43.0 Å². The minimum Gasteiger partial charge on any atom is -0.375 e. The zero-order valence-electron chi connectivity index (χ0n) is 13.7. The lowest BCUT2D eigenvalue weighted by atomic mass is 10.2. The number of hydrogen-bond acceptors (Lipinski definition) is 6. The summed E-state index contributed by atoms with van der Waals surface area (Å²) in [5, 5.41) is 1.83. The number of aromatic nitrogens is 2. The summed E-state index contributed by atoms with van der Waals surface area (Å²) in [5.74, 6) is 0. The molecule has 1 aliphatic rings. The molecule has 0 unspecified atom stereocenters. The number of rotatable bonds is 3. The van der Waals surface area contributed by atoms with Gasteiger partial charge < -0.3 is 5.73 Å². The van der Waals surface area contributed by atoms with E-state index in [4.69, 9.17) is 5.73 Å². The van der Waals surface area contributed by atoms with Gasteiger partial charge in [-0.25, -0.2) is 9.97 Å². The monoisotopic (exact) mass is 356 g/mol. The lowest BCUT2D eigenvalue weighted by molar-refractivity contribution is 0.318. The normalized spacial score (nSPS) is 15.9. The molecule has 4 rings (SSSR count). The fourth-order valence-corrected chi connectivity index (χ4v) is 4.93. The molecule has 0 bridgehead atoms. The third-order valence-electron chi connectivity index (χ3n) is 4.33. The molecule has 3 aromatic rings. The summed E-state index contributed by atoms with van der Waals surface area (Å²) in [6.07, 6.45) is 6.56. The molecule has 1 aliphatic heterocycles. The van der Waals surface area contributed by atoms with Crippen LogP contribution in [-0.2, 0) is 12.8 Å². The van der Waals surface area contributed by atoms with Gasteiger partial charge >= 0.3 is 0 Å². The molecular formula is C18H20N4S2. The lowest BCUT2D eigenvalue weighted by Crippen LogP contribution is -2.26. The molecule has 24 heavy (non-hydrogen) atoms. The maximum absolute atomic E-state index is 5.81. The SMILES string of the molecule is Cc1nc2cccc(C=CCN3CCc4nc(N)sc4CC3)c2s1. The number of aryl methyl sites for hydroxylation is 1. The van der Waals surface area contributed by atoms with Crippen molar-refractivity contribution in [1.29, 1.82) is 0 Å². The highest BCUT2D eigenvalue weighted by molar-refractivity contribution is 7.18. The van der Waals surface area contributed by atoms with Gasteiger partial charge in [0.2, 0.25) is 0 Å². The minimum absolute atomic E-state index is 0.710. The number of nitrogen functional groups attached to an aromatic ring is 1. The van der Waals surface area contributed by atoms with Gasteiger partial charge in [-0.3, -0.25) is 4.90 Å². The maximum Gasteiger partial charge on any atom is 0.180 e. The maximum atomic E-state index is 5.81. The van der Waals surface area contributed by atoms with Gasteiger partial charge in [0.25, 0.3) is 0 Å². The molecule has 1 aromatic carbocycles. The molecule has 2 N–H and O–H groups in total. The lowest BCUT2D eigenvalue weighted by Gasteiger charge is -2.17. The zero-order valence-corrected chi connectivity index (χ0v) is 15.3. The van der Waals surface area contributed by atoms with Crippen LogP contribution < -0.4 is 5.73 Å². The van der Waals surface area contributed by atoms with Crippen molar-refractivity contribution in [2.75, 3.05) is 25.4 Å². The minimum atomic E-state index is 0.710. The molecular weight excluding hydrogens is 336 g/mol. The Labute approximate surface area is 149 Å². The number of nitrogens with two attached hydrogens (primary N) is 1. The summed E-state index contributed by atoms with van der Waals surface area (Å²) in [4.78, 5) is 12.9. The van der Waals surface area contributed by atoms with Gasteiger partial charge in [-0.1, -0.05) is 24.3 Å². The second-order valence-electron chi connectivity index (χ2n) is 6.05. The third-order valence-corrected chi connectivity index (χ3v) is 6.35. The number of nitrogens with zero attached hydrogens (tertiary/aromatic N) is 3. The van der Waals surface area contributed by atoms with E-state index in [1.807, 2.05) is 0 Å². The second kappa shape index (κ2) is 6.63. The largest absolute Gasteiger partial charge is 0.375 e. The van der Waals surface area contributed by atoms with Gasteiger partial charge in [-0.2, -0.15) is 0 Å². The predicted octanol–water partition coefficient (Wildman–Crippen LogP) is 3.76. The first-order valence-corrected chi connectivity index (χ1v) is 9.81. The van der Waals surface area contributed by atoms with Gasteiger partial charge in [0.15, 0.2) is 5.13 Å². The van der Waals surface area contributed by atoms with E-state index in [0.29, 0.717) is 5.13 Å². The summed E-state index contributed by atoms with van der Waals surface area (Å²) >= 11 is 3.41. The van der Waals surface area contributed by atoms with Crippen molar-refractivity contribution in [2.45, 2.75) is 19.8 Å². The van der Waals surface area contributed by atoms with Crippen LogP contribution in [0.4, 0.5) is 5.13 Å². The Kier molecular flexibility index (Phi) is 4.35. The Morgan fingerprint density at radius 2 is 2.08 bits per heavy atom. The number of hydrogen-bond donors (Lipinski definition) is 1. The van der Waals surface area contributed by atoms with Crippen LogP contribution >= 0.6 is 22.7 Å². The number of anilines is 1. The standard InChI is InChI=1S/C18H20N4S2/c1-12-20-15-6-2-4-13(17(15)23-12)5-3-9-22-10-7-14-16(8-11-22)24-18(19)21-14/h2-6H,7-11H2,1H3,(H2,19,21). The van der Waals surface area contributed by atoms with Crippen molar-refractivity contribution in [3.63, 3.8) is 0 Å². The van der Waals surface area contributed by atoms with Gasteiger partial charge in [-0.15, -0.1) is 22.7 Å². The molecule has 2 aromatic heterocycles. The molecule has 4 nitrogen and oxygen atoms in total. The Bertz CT molecular complexity index is 868. The quantitative estimate of drug-likeness (QED) is 0.776. The van der Waals surface area contributed by atoms with Crippen LogP contribution in [0.5, 0.6) is 0 Å². The van der Waals surface area contributed by atoms with E-state index < -0.39 is 0 Å². The van der Waals surface area contributed by atoms with Gasteiger partial charge in [0.05, 0.1) is 20.9 Å². The van der Waals surface area contributed by atoms with Gasteiger partial charge in [0.1, 0.15) is 0 Å². The molecule has 0 amide bonds. The first-order chi connectivity index (χ1) is 11.7. The van der Waals surface area contributed by atoms with E-state index in [1.165, 1.54) is 20.8 Å². The first kappa shape index (κ1) is 15.7. The summed E-state index contributed by atoms with van der Waals surface area (Å²) in [7, 11) is 0. The molecule has 0 fully saturated rings. The number of fused-ring (bicyclic) bond motifs is 2. The highest BCUT2D eigenvalue weighted by Crippen LogP contribution is 2.26. The fraction of sp³-hybridized carbons (Fsp3) is 0.333. The summed E-state index contributed by atoms with van der Waals surface area (Å²) in [6.45, 7) is 5.15. The molecule has 0 saturated carbocycles. The highest BCUT2D eigenvalue weighted by Gasteiger charge is 2.16. The van der Waals surface area contributed by atoms with Crippen molar-refractivity contribution in [1.82, 2.24) is 14.9 Å². The summed E-state index contributed by atoms with van der Waals surface area (Å²) in [6, 6.07) is 6.34. The Morgan fingerprint density at radius 1 is 1.21 bits per heavy atom. The number of thiazole rings is 2. The van der Waals surface area contributed by atoms with Crippen LogP contribution in [0.1, 0.15) is 21.1 Å². The molecule has 0 radical (unpaired) electrons. The topological polar surface area (TPSA) is 55.0 Å². The average Bonchev–Trinajstić information content (AvgIpc) is 3.06. The van der Waals surface area contributed by atoms with Crippen molar-refractivity contribution in [3.8, 4) is 0 Å². The smallest absolute Gasteiger partial charge is 0.180 e.